The zero-order valence-corrected chi connectivity index (χ0v) is 20.2. The van der Waals surface area contributed by atoms with E-state index in [1.807, 2.05) is 99.0 Å². The lowest BCUT2D eigenvalue weighted by Gasteiger charge is -2.24. The van der Waals surface area contributed by atoms with Crippen molar-refractivity contribution < 1.29 is 9.47 Å². The Hall–Kier alpha value is -3.51. The van der Waals surface area contributed by atoms with Crippen molar-refractivity contribution in [2.45, 2.75) is 13.2 Å². The molecule has 3 aromatic carbocycles. The maximum Gasteiger partial charge on any atom is 0.241 e. The van der Waals surface area contributed by atoms with E-state index >= 15 is 0 Å². The summed E-state index contributed by atoms with van der Waals surface area (Å²) in [5, 5.41) is 3.26. The maximum absolute atomic E-state index is 6.19. The summed E-state index contributed by atoms with van der Waals surface area (Å²) in [5.41, 5.74) is 5.00. The third kappa shape index (κ3) is 5.84. The smallest absolute Gasteiger partial charge is 0.241 e. The highest BCUT2D eigenvalue weighted by molar-refractivity contribution is 9.10. The zero-order chi connectivity index (χ0) is 23.0. The highest BCUT2D eigenvalue weighted by Crippen LogP contribution is 2.38. The van der Waals surface area contributed by atoms with E-state index in [2.05, 4.69) is 32.2 Å². The molecular formula is C27H26BrN3O2. The monoisotopic (exact) mass is 503 g/mol. The first-order valence-corrected chi connectivity index (χ1v) is 11.5. The van der Waals surface area contributed by atoms with Gasteiger partial charge in [-0.15, -0.1) is 0 Å². The van der Waals surface area contributed by atoms with Gasteiger partial charge < -0.3 is 19.7 Å². The Morgan fingerprint density at radius 3 is 2.03 bits per heavy atom. The lowest BCUT2D eigenvalue weighted by atomic mass is 10.2. The van der Waals surface area contributed by atoms with Gasteiger partial charge in [0, 0.05) is 24.6 Å². The number of aromatic nitrogens is 1. The Kier molecular flexibility index (Phi) is 7.47. The highest BCUT2D eigenvalue weighted by Gasteiger charge is 2.17. The summed E-state index contributed by atoms with van der Waals surface area (Å²) in [4.78, 5) is 6.77. The fourth-order valence-corrected chi connectivity index (χ4v) is 3.81. The molecule has 0 aliphatic rings. The van der Waals surface area contributed by atoms with Crippen LogP contribution in [0.25, 0.3) is 0 Å². The number of pyridine rings is 1. The molecule has 168 valence electrons. The number of halogens is 1. The zero-order valence-electron chi connectivity index (χ0n) is 18.7. The molecular weight excluding hydrogens is 478 g/mol. The van der Waals surface area contributed by atoms with Crippen LogP contribution in [-0.2, 0) is 13.2 Å². The molecule has 0 aliphatic heterocycles. The van der Waals surface area contributed by atoms with Crippen molar-refractivity contribution >= 4 is 33.0 Å². The predicted octanol–water partition coefficient (Wildman–Crippen LogP) is 6.81. The van der Waals surface area contributed by atoms with Crippen LogP contribution in [0.4, 0.5) is 17.1 Å². The fourth-order valence-electron chi connectivity index (χ4n) is 3.45. The molecule has 1 N–H and O–H groups in total. The summed E-state index contributed by atoms with van der Waals surface area (Å²) in [7, 11) is 3.91. The van der Waals surface area contributed by atoms with Crippen molar-refractivity contribution in [3.05, 3.63) is 107 Å². The van der Waals surface area contributed by atoms with Gasteiger partial charge in [0.2, 0.25) is 11.8 Å². The van der Waals surface area contributed by atoms with Crippen molar-refractivity contribution in [3.8, 4) is 11.8 Å². The van der Waals surface area contributed by atoms with Gasteiger partial charge >= 0.3 is 0 Å². The molecule has 33 heavy (non-hydrogen) atoms. The summed E-state index contributed by atoms with van der Waals surface area (Å²) < 4.78 is 13.2. The second kappa shape index (κ2) is 10.9. The van der Waals surface area contributed by atoms with E-state index in [-0.39, 0.29) is 0 Å². The molecule has 0 unspecified atom stereocenters. The molecule has 0 atom stereocenters. The van der Waals surface area contributed by atoms with Gasteiger partial charge in [-0.2, -0.15) is 4.98 Å². The van der Waals surface area contributed by atoms with Crippen LogP contribution in [0.1, 0.15) is 11.1 Å². The Morgan fingerprint density at radius 2 is 1.39 bits per heavy atom. The Morgan fingerprint density at radius 1 is 0.788 bits per heavy atom. The van der Waals surface area contributed by atoms with Crippen LogP contribution in [-0.4, -0.2) is 19.1 Å². The minimum atomic E-state index is 0.413. The SMILES string of the molecule is CNc1cc(Br)ccc1N(C)c1ccc(OCc2ccccc2)nc1OCc1ccccc1. The van der Waals surface area contributed by atoms with Gasteiger partial charge in [-0.25, -0.2) is 0 Å². The molecule has 5 nitrogen and oxygen atoms in total. The van der Waals surface area contributed by atoms with Gasteiger partial charge in [0.25, 0.3) is 0 Å². The summed E-state index contributed by atoms with van der Waals surface area (Å²) in [5.74, 6) is 1.03. The summed E-state index contributed by atoms with van der Waals surface area (Å²) in [6, 6.07) is 30.1. The van der Waals surface area contributed by atoms with Gasteiger partial charge in [0.05, 0.1) is 11.4 Å². The summed E-state index contributed by atoms with van der Waals surface area (Å²) in [6.07, 6.45) is 0. The Balaban J connectivity index is 1.62. The standard InChI is InChI=1S/C27H26BrN3O2/c1-29-23-17-22(28)13-14-24(23)31(2)25-15-16-26(32-18-20-9-5-3-6-10-20)30-27(25)33-19-21-11-7-4-8-12-21/h3-17,29H,18-19H2,1-2H3. The lowest BCUT2D eigenvalue weighted by Crippen LogP contribution is -2.14. The quantitative estimate of drug-likeness (QED) is 0.271. The minimum Gasteiger partial charge on any atom is -0.473 e. The maximum atomic E-state index is 6.19. The van der Waals surface area contributed by atoms with Crippen molar-refractivity contribution in [2.75, 3.05) is 24.3 Å². The first-order valence-electron chi connectivity index (χ1n) is 10.7. The highest BCUT2D eigenvalue weighted by atomic mass is 79.9. The molecule has 0 saturated carbocycles. The number of hydrogen-bond acceptors (Lipinski definition) is 5. The van der Waals surface area contributed by atoms with Crippen LogP contribution in [0.3, 0.4) is 0 Å². The number of rotatable bonds is 9. The second-order valence-corrected chi connectivity index (χ2v) is 8.41. The van der Waals surface area contributed by atoms with Crippen LogP contribution >= 0.6 is 15.9 Å². The largest absolute Gasteiger partial charge is 0.473 e. The van der Waals surface area contributed by atoms with Gasteiger partial charge in [-0.1, -0.05) is 76.6 Å². The normalized spacial score (nSPS) is 10.5. The molecule has 4 rings (SSSR count). The molecule has 0 radical (unpaired) electrons. The molecule has 4 aromatic rings. The topological polar surface area (TPSA) is 46.6 Å². The average molecular weight is 504 g/mol. The third-order valence-electron chi connectivity index (χ3n) is 5.21. The van der Waals surface area contributed by atoms with E-state index in [1.165, 1.54) is 0 Å². The number of benzene rings is 3. The summed E-state index contributed by atoms with van der Waals surface area (Å²) in [6.45, 7) is 0.855. The van der Waals surface area contributed by atoms with E-state index in [9.17, 15) is 0 Å². The number of anilines is 3. The average Bonchev–Trinajstić information content (AvgIpc) is 2.87. The molecule has 0 aliphatic carbocycles. The molecule has 6 heteroatoms. The molecule has 0 spiro atoms. The van der Waals surface area contributed by atoms with E-state index in [1.54, 1.807) is 0 Å². The first-order chi connectivity index (χ1) is 16.1. The molecule has 0 fully saturated rings. The van der Waals surface area contributed by atoms with Gasteiger partial charge in [-0.3, -0.25) is 0 Å². The molecule has 1 aromatic heterocycles. The van der Waals surface area contributed by atoms with Crippen LogP contribution in [0, 0.1) is 0 Å². The van der Waals surface area contributed by atoms with Crippen molar-refractivity contribution in [1.29, 1.82) is 0 Å². The van der Waals surface area contributed by atoms with Crippen LogP contribution in [0.2, 0.25) is 0 Å². The van der Waals surface area contributed by atoms with Gasteiger partial charge in [0.15, 0.2) is 0 Å². The Labute approximate surface area is 203 Å². The van der Waals surface area contributed by atoms with Crippen LogP contribution in [0.15, 0.2) is 95.5 Å². The number of nitrogens with one attached hydrogen (secondary N) is 1. The van der Waals surface area contributed by atoms with E-state index in [0.717, 1.165) is 32.7 Å². The number of hydrogen-bond donors (Lipinski definition) is 1. The molecule has 0 amide bonds. The van der Waals surface area contributed by atoms with Gasteiger partial charge in [0.1, 0.15) is 18.9 Å². The van der Waals surface area contributed by atoms with E-state index in [0.29, 0.717) is 25.0 Å². The number of nitrogens with zero attached hydrogens (tertiary/aromatic N) is 2. The van der Waals surface area contributed by atoms with Crippen molar-refractivity contribution in [2.24, 2.45) is 0 Å². The van der Waals surface area contributed by atoms with Crippen LogP contribution < -0.4 is 19.7 Å². The van der Waals surface area contributed by atoms with Crippen LogP contribution in [0.5, 0.6) is 11.8 Å². The third-order valence-corrected chi connectivity index (χ3v) is 5.71. The number of ether oxygens (including phenoxy) is 2. The fraction of sp³-hybridized carbons (Fsp3) is 0.148. The molecule has 0 saturated heterocycles. The molecule has 1 heterocycles. The molecule has 0 bridgehead atoms. The van der Waals surface area contributed by atoms with Gasteiger partial charge in [-0.05, 0) is 35.4 Å². The van der Waals surface area contributed by atoms with Crippen molar-refractivity contribution in [3.63, 3.8) is 0 Å². The Bertz CT molecular complexity index is 1190. The van der Waals surface area contributed by atoms with E-state index < -0.39 is 0 Å². The predicted molar refractivity (Wildman–Crippen MR) is 138 cm³/mol. The van der Waals surface area contributed by atoms with Crippen molar-refractivity contribution in [1.82, 2.24) is 4.98 Å². The summed E-state index contributed by atoms with van der Waals surface area (Å²) >= 11 is 3.54. The minimum absolute atomic E-state index is 0.413. The first kappa shape index (κ1) is 22.7. The second-order valence-electron chi connectivity index (χ2n) is 7.49. The lowest BCUT2D eigenvalue weighted by molar-refractivity contribution is 0.268. The van der Waals surface area contributed by atoms with E-state index in [4.69, 9.17) is 14.5 Å².